The zero-order valence-corrected chi connectivity index (χ0v) is 11.1. The smallest absolute Gasteiger partial charge is 0.222 e. The molecule has 0 N–H and O–H groups in total. The van der Waals surface area contributed by atoms with Gasteiger partial charge in [-0.3, -0.25) is 4.79 Å². The predicted molar refractivity (Wildman–Crippen MR) is 63.4 cm³/mol. The first kappa shape index (κ1) is 12.8. The first-order valence-electron chi connectivity index (χ1n) is 4.69. The fourth-order valence-electron chi connectivity index (χ4n) is 1.09. The molecule has 1 aromatic heterocycles. The van der Waals surface area contributed by atoms with Crippen molar-refractivity contribution in [3.05, 3.63) is 20.8 Å². The van der Waals surface area contributed by atoms with E-state index in [1.54, 1.807) is 5.38 Å². The Morgan fingerprint density at radius 3 is 2.40 bits per heavy atom. The largest absolute Gasteiger partial charge is 0.346 e. The van der Waals surface area contributed by atoms with Crippen molar-refractivity contribution >= 4 is 33.0 Å². The molecule has 15 heavy (non-hydrogen) atoms. The van der Waals surface area contributed by atoms with Crippen LogP contribution in [0.15, 0.2) is 15.2 Å². The number of thiophene rings is 1. The monoisotopic (exact) mass is 292 g/mol. The third-order valence-electron chi connectivity index (χ3n) is 1.73. The van der Waals surface area contributed by atoms with E-state index in [4.69, 9.17) is 9.47 Å². The van der Waals surface area contributed by atoms with E-state index in [-0.39, 0.29) is 5.78 Å². The lowest BCUT2D eigenvalue weighted by Gasteiger charge is -2.14. The highest BCUT2D eigenvalue weighted by molar-refractivity contribution is 9.10. The topological polar surface area (TPSA) is 35.5 Å². The Bertz CT molecular complexity index is 318. The van der Waals surface area contributed by atoms with Gasteiger partial charge in [0.05, 0.1) is 0 Å². The molecular weight excluding hydrogens is 280 g/mol. The van der Waals surface area contributed by atoms with E-state index in [9.17, 15) is 4.79 Å². The molecule has 0 fully saturated rings. The van der Waals surface area contributed by atoms with Crippen LogP contribution in [-0.4, -0.2) is 25.3 Å². The number of Topliss-reactive ketones (excluding diaryl/α,β-unsaturated/α-hetero) is 1. The van der Waals surface area contributed by atoms with Gasteiger partial charge < -0.3 is 9.47 Å². The molecule has 0 aromatic carbocycles. The van der Waals surface area contributed by atoms with Gasteiger partial charge in [0.15, 0.2) is 0 Å². The molecule has 0 atom stereocenters. The van der Waals surface area contributed by atoms with E-state index in [0.717, 1.165) is 4.47 Å². The highest BCUT2D eigenvalue weighted by Gasteiger charge is 2.22. The van der Waals surface area contributed by atoms with E-state index in [0.29, 0.717) is 18.8 Å². The van der Waals surface area contributed by atoms with Crippen LogP contribution in [0, 0.1) is 0 Å². The Morgan fingerprint density at radius 1 is 1.40 bits per heavy atom. The zero-order valence-electron chi connectivity index (χ0n) is 8.66. The zero-order chi connectivity index (χ0) is 11.3. The predicted octanol–water partition coefficient (Wildman–Crippen LogP) is 3.09. The van der Waals surface area contributed by atoms with Gasteiger partial charge in [-0.1, -0.05) is 0 Å². The molecule has 1 rings (SSSR count). The van der Waals surface area contributed by atoms with Gasteiger partial charge in [-0.25, -0.2) is 0 Å². The summed E-state index contributed by atoms with van der Waals surface area (Å²) >= 11 is 4.79. The maximum atomic E-state index is 11.9. The lowest BCUT2D eigenvalue weighted by molar-refractivity contribution is -0.107. The van der Waals surface area contributed by atoms with Crippen molar-refractivity contribution in [2.75, 3.05) is 13.2 Å². The minimum absolute atomic E-state index is 0.133. The van der Waals surface area contributed by atoms with Crippen molar-refractivity contribution < 1.29 is 14.3 Å². The van der Waals surface area contributed by atoms with Gasteiger partial charge in [0.1, 0.15) is 0 Å². The average Bonchev–Trinajstić information content (AvgIpc) is 2.63. The van der Waals surface area contributed by atoms with Crippen LogP contribution in [0.25, 0.3) is 0 Å². The molecule has 3 nitrogen and oxygen atoms in total. The minimum atomic E-state index is -0.786. The lowest BCUT2D eigenvalue weighted by atomic mass is 10.2. The van der Waals surface area contributed by atoms with Gasteiger partial charge in [0.25, 0.3) is 0 Å². The number of carbonyl (C=O) groups excluding carboxylic acids is 1. The summed E-state index contributed by atoms with van der Waals surface area (Å²) in [6.07, 6.45) is -0.786. The van der Waals surface area contributed by atoms with E-state index in [1.165, 1.54) is 11.3 Å². The molecule has 0 saturated heterocycles. The second kappa shape index (κ2) is 6.37. The summed E-state index contributed by atoms with van der Waals surface area (Å²) in [5.74, 6) is -0.133. The maximum Gasteiger partial charge on any atom is 0.222 e. The SMILES string of the molecule is CCOC(OCC)C(=O)c1cscc1Br. The summed E-state index contributed by atoms with van der Waals surface area (Å²) in [5.41, 5.74) is 0.618. The Morgan fingerprint density at radius 2 is 2.00 bits per heavy atom. The van der Waals surface area contributed by atoms with Crippen LogP contribution in [-0.2, 0) is 9.47 Å². The molecule has 0 saturated carbocycles. The van der Waals surface area contributed by atoms with E-state index >= 15 is 0 Å². The van der Waals surface area contributed by atoms with Crippen molar-refractivity contribution in [2.45, 2.75) is 20.1 Å². The van der Waals surface area contributed by atoms with E-state index in [1.807, 2.05) is 19.2 Å². The molecule has 0 bridgehead atoms. The highest BCUT2D eigenvalue weighted by atomic mass is 79.9. The van der Waals surface area contributed by atoms with E-state index < -0.39 is 6.29 Å². The molecule has 84 valence electrons. The van der Waals surface area contributed by atoms with Crippen molar-refractivity contribution in [1.29, 1.82) is 0 Å². The van der Waals surface area contributed by atoms with E-state index in [2.05, 4.69) is 15.9 Å². The fourth-order valence-corrected chi connectivity index (χ4v) is 2.57. The Hall–Kier alpha value is -0.230. The van der Waals surface area contributed by atoms with Gasteiger partial charge in [-0.05, 0) is 29.8 Å². The molecule has 1 heterocycles. The molecule has 0 unspecified atom stereocenters. The molecule has 5 heteroatoms. The van der Waals surface area contributed by atoms with Crippen molar-refractivity contribution in [1.82, 2.24) is 0 Å². The second-order valence-corrected chi connectivity index (χ2v) is 4.34. The van der Waals surface area contributed by atoms with Crippen LogP contribution in [0.1, 0.15) is 24.2 Å². The molecule has 0 amide bonds. The maximum absolute atomic E-state index is 11.9. The van der Waals surface area contributed by atoms with Gasteiger partial charge >= 0.3 is 0 Å². The number of rotatable bonds is 6. The van der Waals surface area contributed by atoms with Crippen LogP contribution in [0.5, 0.6) is 0 Å². The second-order valence-electron chi connectivity index (χ2n) is 2.74. The summed E-state index contributed by atoms with van der Waals surface area (Å²) < 4.78 is 11.3. The molecular formula is C10H13BrO3S. The minimum Gasteiger partial charge on any atom is -0.346 e. The summed E-state index contributed by atoms with van der Waals surface area (Å²) in [6.45, 7) is 4.58. The van der Waals surface area contributed by atoms with Crippen molar-refractivity contribution in [3.8, 4) is 0 Å². The fraction of sp³-hybridized carbons (Fsp3) is 0.500. The van der Waals surface area contributed by atoms with Gasteiger partial charge in [0, 0.05) is 34.0 Å². The number of ether oxygens (including phenoxy) is 2. The summed E-state index contributed by atoms with van der Waals surface area (Å²) in [4.78, 5) is 11.9. The molecule has 0 aliphatic carbocycles. The van der Waals surface area contributed by atoms with Gasteiger partial charge in [-0.2, -0.15) is 11.3 Å². The van der Waals surface area contributed by atoms with Crippen LogP contribution >= 0.6 is 27.3 Å². The average molecular weight is 293 g/mol. The standard InChI is InChI=1S/C10H13BrO3S/c1-3-13-10(14-4-2)9(12)7-5-15-6-8(7)11/h5-6,10H,3-4H2,1-2H3. The molecule has 0 radical (unpaired) electrons. The van der Waals surface area contributed by atoms with Crippen molar-refractivity contribution in [2.24, 2.45) is 0 Å². The van der Waals surface area contributed by atoms with Crippen LogP contribution in [0.2, 0.25) is 0 Å². The Labute approximate surface area is 102 Å². The summed E-state index contributed by atoms with van der Waals surface area (Å²) in [5, 5.41) is 3.65. The quantitative estimate of drug-likeness (QED) is 0.597. The number of ketones is 1. The van der Waals surface area contributed by atoms with Crippen LogP contribution in [0.4, 0.5) is 0 Å². The highest BCUT2D eigenvalue weighted by Crippen LogP contribution is 2.23. The summed E-state index contributed by atoms with van der Waals surface area (Å²) in [6, 6.07) is 0. The molecule has 0 aliphatic heterocycles. The van der Waals surface area contributed by atoms with Gasteiger partial charge in [-0.15, -0.1) is 0 Å². The van der Waals surface area contributed by atoms with Crippen LogP contribution in [0.3, 0.4) is 0 Å². The van der Waals surface area contributed by atoms with Gasteiger partial charge in [0.2, 0.25) is 12.1 Å². The number of hydrogen-bond acceptors (Lipinski definition) is 4. The van der Waals surface area contributed by atoms with Crippen molar-refractivity contribution in [3.63, 3.8) is 0 Å². The summed E-state index contributed by atoms with van der Waals surface area (Å²) in [7, 11) is 0. The third-order valence-corrected chi connectivity index (χ3v) is 3.43. The first-order chi connectivity index (χ1) is 7.20. The molecule has 1 aromatic rings. The molecule has 0 aliphatic rings. The third kappa shape index (κ3) is 3.38. The Kier molecular flexibility index (Phi) is 5.45. The number of carbonyl (C=O) groups is 1. The first-order valence-corrected chi connectivity index (χ1v) is 6.43. The number of halogens is 1. The number of hydrogen-bond donors (Lipinski definition) is 0. The Balaban J connectivity index is 2.76. The normalized spacial score (nSPS) is 10.9. The van der Waals surface area contributed by atoms with Crippen LogP contribution < -0.4 is 0 Å². The lowest BCUT2D eigenvalue weighted by Crippen LogP contribution is -2.27. The molecule has 0 spiro atoms.